The number of aliphatic hydroxyl groups excluding tert-OH is 1. The summed E-state index contributed by atoms with van der Waals surface area (Å²) >= 11 is 1.41. The highest BCUT2D eigenvalue weighted by Gasteiger charge is 2.12. The molecule has 0 aliphatic carbocycles. The Morgan fingerprint density at radius 2 is 2.20 bits per heavy atom. The normalized spacial score (nSPS) is 12.4. The van der Waals surface area contributed by atoms with E-state index in [1.54, 1.807) is 37.3 Å². The van der Waals surface area contributed by atoms with Gasteiger partial charge in [-0.05, 0) is 6.07 Å². The molecule has 0 saturated carbocycles. The number of methoxy groups -OCH3 is 1. The molecule has 2 aromatic heterocycles. The molecule has 2 rings (SSSR count). The van der Waals surface area contributed by atoms with Gasteiger partial charge in [-0.15, -0.1) is 11.3 Å². The number of aliphatic hydroxyl groups is 1. The van der Waals surface area contributed by atoms with Crippen LogP contribution >= 0.6 is 11.3 Å². The van der Waals surface area contributed by atoms with Crippen molar-refractivity contribution in [2.45, 2.75) is 6.10 Å². The maximum absolute atomic E-state index is 9.98. The molecule has 0 saturated heterocycles. The first kappa shape index (κ1) is 10.1. The zero-order valence-electron chi connectivity index (χ0n) is 8.12. The highest BCUT2D eigenvalue weighted by Crippen LogP contribution is 2.25. The van der Waals surface area contributed by atoms with E-state index < -0.39 is 6.10 Å². The van der Waals surface area contributed by atoms with Crippen LogP contribution in [-0.4, -0.2) is 22.2 Å². The highest BCUT2D eigenvalue weighted by molar-refractivity contribution is 7.09. The van der Waals surface area contributed by atoms with Crippen LogP contribution in [0.5, 0.6) is 5.75 Å². The van der Waals surface area contributed by atoms with E-state index in [0.29, 0.717) is 11.3 Å². The first-order valence-corrected chi connectivity index (χ1v) is 5.24. The maximum atomic E-state index is 9.98. The predicted octanol–water partition coefficient (Wildman–Crippen LogP) is 1.63. The number of rotatable bonds is 3. The lowest BCUT2D eigenvalue weighted by Gasteiger charge is -2.08. The molecule has 4 nitrogen and oxygen atoms in total. The quantitative estimate of drug-likeness (QED) is 0.857. The summed E-state index contributed by atoms with van der Waals surface area (Å²) in [6.07, 6.45) is 4.19. The first-order valence-electron chi connectivity index (χ1n) is 4.36. The second kappa shape index (κ2) is 4.37. The standard InChI is InChI=1S/C10H10N2O2S/c1-14-8-2-7(3-11-4-8)10(13)9-5-12-6-15-9/h2-6,10,13H,1H3. The SMILES string of the molecule is COc1cncc(C(O)c2cncs2)c1. The third kappa shape index (κ3) is 2.14. The van der Waals surface area contributed by atoms with Crippen LogP contribution < -0.4 is 4.74 Å². The van der Waals surface area contributed by atoms with Gasteiger partial charge in [0.2, 0.25) is 0 Å². The van der Waals surface area contributed by atoms with Crippen LogP contribution in [-0.2, 0) is 0 Å². The highest BCUT2D eigenvalue weighted by atomic mass is 32.1. The molecular weight excluding hydrogens is 212 g/mol. The smallest absolute Gasteiger partial charge is 0.137 e. The molecule has 2 aromatic rings. The van der Waals surface area contributed by atoms with Crippen molar-refractivity contribution < 1.29 is 9.84 Å². The zero-order chi connectivity index (χ0) is 10.7. The van der Waals surface area contributed by atoms with E-state index in [1.807, 2.05) is 0 Å². The van der Waals surface area contributed by atoms with Gasteiger partial charge in [-0.3, -0.25) is 9.97 Å². The molecule has 0 aliphatic heterocycles. The Labute approximate surface area is 91.2 Å². The van der Waals surface area contributed by atoms with Crippen LogP contribution in [0.25, 0.3) is 0 Å². The van der Waals surface area contributed by atoms with Crippen molar-refractivity contribution in [3.8, 4) is 5.75 Å². The number of nitrogens with zero attached hydrogens (tertiary/aromatic N) is 2. The average Bonchev–Trinajstić information content (AvgIpc) is 2.81. The van der Waals surface area contributed by atoms with E-state index in [0.717, 1.165) is 4.88 Å². The Bertz CT molecular complexity index is 431. The van der Waals surface area contributed by atoms with Crippen LogP contribution in [0.3, 0.4) is 0 Å². The van der Waals surface area contributed by atoms with Crippen LogP contribution in [0.2, 0.25) is 0 Å². The fraction of sp³-hybridized carbons (Fsp3) is 0.200. The molecule has 15 heavy (non-hydrogen) atoms. The van der Waals surface area contributed by atoms with Crippen molar-refractivity contribution in [2.75, 3.05) is 7.11 Å². The topological polar surface area (TPSA) is 55.2 Å². The van der Waals surface area contributed by atoms with Crippen LogP contribution in [0.15, 0.2) is 30.2 Å². The molecule has 1 unspecified atom stereocenters. The lowest BCUT2D eigenvalue weighted by Crippen LogP contribution is -1.98. The molecule has 78 valence electrons. The number of pyridine rings is 1. The van der Waals surface area contributed by atoms with Crippen LogP contribution in [0.4, 0.5) is 0 Å². The van der Waals surface area contributed by atoms with Gasteiger partial charge in [0.25, 0.3) is 0 Å². The third-order valence-electron chi connectivity index (χ3n) is 2.01. The summed E-state index contributed by atoms with van der Waals surface area (Å²) in [5.41, 5.74) is 2.39. The Morgan fingerprint density at radius 1 is 1.33 bits per heavy atom. The molecule has 0 aromatic carbocycles. The summed E-state index contributed by atoms with van der Waals surface area (Å²) in [5.74, 6) is 0.635. The zero-order valence-corrected chi connectivity index (χ0v) is 8.94. The first-order chi connectivity index (χ1) is 7.31. The fourth-order valence-electron chi connectivity index (χ4n) is 1.22. The van der Waals surface area contributed by atoms with E-state index in [9.17, 15) is 5.11 Å². The Morgan fingerprint density at radius 3 is 2.87 bits per heavy atom. The van der Waals surface area contributed by atoms with Gasteiger partial charge in [0.05, 0.1) is 23.7 Å². The summed E-state index contributed by atoms with van der Waals surface area (Å²) in [4.78, 5) is 8.70. The second-order valence-corrected chi connectivity index (χ2v) is 3.88. The lowest BCUT2D eigenvalue weighted by atomic mass is 10.1. The van der Waals surface area contributed by atoms with E-state index in [1.165, 1.54) is 11.3 Å². The minimum absolute atomic E-state index is 0.635. The Balaban J connectivity index is 2.29. The van der Waals surface area contributed by atoms with Gasteiger partial charge in [0.1, 0.15) is 11.9 Å². The number of aromatic nitrogens is 2. The average molecular weight is 222 g/mol. The number of hydrogen-bond donors (Lipinski definition) is 1. The van der Waals surface area contributed by atoms with Gasteiger partial charge in [-0.2, -0.15) is 0 Å². The molecule has 1 atom stereocenters. The molecule has 5 heteroatoms. The van der Waals surface area contributed by atoms with E-state index in [-0.39, 0.29) is 0 Å². The summed E-state index contributed by atoms with van der Waals surface area (Å²) in [6.45, 7) is 0. The molecule has 2 heterocycles. The van der Waals surface area contributed by atoms with Gasteiger partial charge in [-0.25, -0.2) is 0 Å². The second-order valence-electron chi connectivity index (χ2n) is 2.96. The van der Waals surface area contributed by atoms with Gasteiger partial charge >= 0.3 is 0 Å². The molecule has 0 radical (unpaired) electrons. The minimum atomic E-state index is -0.680. The lowest BCUT2D eigenvalue weighted by molar-refractivity contribution is 0.223. The molecule has 0 amide bonds. The summed E-state index contributed by atoms with van der Waals surface area (Å²) < 4.78 is 5.04. The molecule has 0 spiro atoms. The molecule has 0 fully saturated rings. The van der Waals surface area contributed by atoms with Gasteiger partial charge in [0.15, 0.2) is 0 Å². The van der Waals surface area contributed by atoms with Gasteiger partial charge < -0.3 is 9.84 Å². The molecule has 0 bridgehead atoms. The summed E-state index contributed by atoms with van der Waals surface area (Å²) in [7, 11) is 1.57. The Hall–Kier alpha value is -1.46. The number of hydrogen-bond acceptors (Lipinski definition) is 5. The third-order valence-corrected chi connectivity index (χ3v) is 2.83. The van der Waals surface area contributed by atoms with E-state index in [4.69, 9.17) is 4.74 Å². The molecule has 0 aliphatic rings. The predicted molar refractivity (Wildman–Crippen MR) is 57.0 cm³/mol. The maximum Gasteiger partial charge on any atom is 0.137 e. The molecular formula is C10H10N2O2S. The van der Waals surface area contributed by atoms with Crippen LogP contribution in [0, 0.1) is 0 Å². The van der Waals surface area contributed by atoms with Crippen molar-refractivity contribution >= 4 is 11.3 Å². The summed E-state index contributed by atoms with van der Waals surface area (Å²) in [5, 5.41) is 9.98. The van der Waals surface area contributed by atoms with Crippen molar-refractivity contribution in [3.63, 3.8) is 0 Å². The van der Waals surface area contributed by atoms with E-state index in [2.05, 4.69) is 9.97 Å². The van der Waals surface area contributed by atoms with Gasteiger partial charge in [0, 0.05) is 18.0 Å². The van der Waals surface area contributed by atoms with Crippen molar-refractivity contribution in [1.29, 1.82) is 0 Å². The van der Waals surface area contributed by atoms with Crippen LogP contribution in [0.1, 0.15) is 16.5 Å². The number of thiazole rings is 1. The van der Waals surface area contributed by atoms with E-state index >= 15 is 0 Å². The van der Waals surface area contributed by atoms with Crippen molar-refractivity contribution in [2.24, 2.45) is 0 Å². The minimum Gasteiger partial charge on any atom is -0.495 e. The largest absolute Gasteiger partial charge is 0.495 e. The number of ether oxygens (including phenoxy) is 1. The van der Waals surface area contributed by atoms with Crippen molar-refractivity contribution in [1.82, 2.24) is 9.97 Å². The monoisotopic (exact) mass is 222 g/mol. The summed E-state index contributed by atoms with van der Waals surface area (Å²) in [6, 6.07) is 1.76. The Kier molecular flexibility index (Phi) is 2.94. The van der Waals surface area contributed by atoms with Crippen molar-refractivity contribution in [3.05, 3.63) is 40.6 Å². The molecule has 1 N–H and O–H groups in total. The fourth-order valence-corrected chi connectivity index (χ4v) is 1.85. The van der Waals surface area contributed by atoms with Gasteiger partial charge in [-0.1, -0.05) is 0 Å².